The van der Waals surface area contributed by atoms with E-state index in [9.17, 15) is 0 Å². The fourth-order valence-electron chi connectivity index (χ4n) is 1.92. The van der Waals surface area contributed by atoms with Crippen LogP contribution in [0.25, 0.3) is 0 Å². The highest BCUT2D eigenvalue weighted by Crippen LogP contribution is 2.05. The maximum absolute atomic E-state index is 8.76. The highest BCUT2D eigenvalue weighted by molar-refractivity contribution is 5.79. The van der Waals surface area contributed by atoms with Gasteiger partial charge in [0.05, 0.1) is 11.6 Å². The number of rotatable bonds is 6. The number of nitrogens with one attached hydrogen (secondary N) is 2. The summed E-state index contributed by atoms with van der Waals surface area (Å²) in [5.41, 5.74) is 1.82. The summed E-state index contributed by atoms with van der Waals surface area (Å²) >= 11 is 0. The molecule has 0 atom stereocenters. The van der Waals surface area contributed by atoms with Crippen molar-refractivity contribution in [3.63, 3.8) is 0 Å². The Kier molecular flexibility index (Phi) is 7.20. The highest BCUT2D eigenvalue weighted by Gasteiger charge is 2.04. The predicted molar refractivity (Wildman–Crippen MR) is 83.4 cm³/mol. The Hall–Kier alpha value is -2.02. The van der Waals surface area contributed by atoms with Crippen LogP contribution >= 0.6 is 0 Å². The SMILES string of the molecule is CCC(CC)CNC(=NC)NCc1ccc(C#N)cc1. The van der Waals surface area contributed by atoms with E-state index in [2.05, 4.69) is 35.5 Å². The third kappa shape index (κ3) is 5.31. The number of hydrogen-bond donors (Lipinski definition) is 2. The zero-order chi connectivity index (χ0) is 14.8. The summed E-state index contributed by atoms with van der Waals surface area (Å²) in [6.45, 7) is 6.07. The summed E-state index contributed by atoms with van der Waals surface area (Å²) in [6, 6.07) is 9.70. The molecule has 0 unspecified atom stereocenters. The second-order valence-corrected chi connectivity index (χ2v) is 4.80. The van der Waals surface area contributed by atoms with Gasteiger partial charge in [-0.1, -0.05) is 38.8 Å². The Balaban J connectivity index is 2.43. The van der Waals surface area contributed by atoms with Gasteiger partial charge in [-0.05, 0) is 23.6 Å². The average Bonchev–Trinajstić information content (AvgIpc) is 2.51. The largest absolute Gasteiger partial charge is 0.356 e. The van der Waals surface area contributed by atoms with Gasteiger partial charge in [0.1, 0.15) is 0 Å². The van der Waals surface area contributed by atoms with Gasteiger partial charge in [0, 0.05) is 20.1 Å². The molecule has 1 aromatic carbocycles. The lowest BCUT2D eigenvalue weighted by Crippen LogP contribution is -2.39. The first-order chi connectivity index (χ1) is 9.73. The topological polar surface area (TPSA) is 60.2 Å². The molecule has 2 N–H and O–H groups in total. The van der Waals surface area contributed by atoms with Crippen LogP contribution in [-0.2, 0) is 6.54 Å². The molecule has 0 aliphatic rings. The van der Waals surface area contributed by atoms with Crippen molar-refractivity contribution in [2.75, 3.05) is 13.6 Å². The molecule has 0 aliphatic heterocycles. The molecule has 20 heavy (non-hydrogen) atoms. The van der Waals surface area contributed by atoms with Crippen LogP contribution < -0.4 is 10.6 Å². The minimum absolute atomic E-state index is 0.684. The normalized spacial score (nSPS) is 11.2. The van der Waals surface area contributed by atoms with Gasteiger partial charge in [0.25, 0.3) is 0 Å². The van der Waals surface area contributed by atoms with E-state index in [4.69, 9.17) is 5.26 Å². The van der Waals surface area contributed by atoms with Crippen LogP contribution in [0.2, 0.25) is 0 Å². The zero-order valence-corrected chi connectivity index (χ0v) is 12.6. The van der Waals surface area contributed by atoms with Gasteiger partial charge >= 0.3 is 0 Å². The lowest BCUT2D eigenvalue weighted by molar-refractivity contribution is 0.481. The van der Waals surface area contributed by atoms with Gasteiger partial charge < -0.3 is 10.6 Å². The third-order valence-corrected chi connectivity index (χ3v) is 3.48. The summed E-state index contributed by atoms with van der Waals surface area (Å²) in [4.78, 5) is 4.22. The quantitative estimate of drug-likeness (QED) is 0.618. The monoisotopic (exact) mass is 272 g/mol. The van der Waals surface area contributed by atoms with Gasteiger partial charge in [-0.3, -0.25) is 4.99 Å². The molecule has 1 rings (SSSR count). The Morgan fingerprint density at radius 3 is 2.35 bits per heavy atom. The van der Waals surface area contributed by atoms with Crippen LogP contribution in [0.4, 0.5) is 0 Å². The lowest BCUT2D eigenvalue weighted by atomic mass is 10.0. The van der Waals surface area contributed by atoms with Crippen LogP contribution in [-0.4, -0.2) is 19.6 Å². The molecule has 0 aromatic heterocycles. The fraction of sp³-hybridized carbons (Fsp3) is 0.500. The minimum atomic E-state index is 0.684. The standard InChI is InChI=1S/C16H24N4/c1-4-13(5-2)11-19-16(18-3)20-12-15-8-6-14(10-17)7-9-15/h6-9,13H,4-5,11-12H2,1-3H3,(H2,18,19,20). The molecule has 108 valence electrons. The number of aliphatic imine (C=N–C) groups is 1. The smallest absolute Gasteiger partial charge is 0.191 e. The summed E-state index contributed by atoms with van der Waals surface area (Å²) in [5, 5.41) is 15.4. The highest BCUT2D eigenvalue weighted by atomic mass is 15.2. The van der Waals surface area contributed by atoms with E-state index in [-0.39, 0.29) is 0 Å². The maximum Gasteiger partial charge on any atom is 0.191 e. The van der Waals surface area contributed by atoms with E-state index < -0.39 is 0 Å². The summed E-state index contributed by atoms with van der Waals surface area (Å²) in [5.74, 6) is 1.50. The molecule has 0 spiro atoms. The molecule has 0 saturated heterocycles. The van der Waals surface area contributed by atoms with Crippen molar-refractivity contribution in [1.82, 2.24) is 10.6 Å². The second kappa shape index (κ2) is 8.98. The molecule has 0 fully saturated rings. The van der Waals surface area contributed by atoms with Crippen molar-refractivity contribution >= 4 is 5.96 Å². The molecule has 0 saturated carbocycles. The summed E-state index contributed by atoms with van der Waals surface area (Å²) in [7, 11) is 1.78. The molecular formula is C16H24N4. The Bertz CT molecular complexity index is 452. The zero-order valence-electron chi connectivity index (χ0n) is 12.6. The Morgan fingerprint density at radius 1 is 1.20 bits per heavy atom. The van der Waals surface area contributed by atoms with Crippen molar-refractivity contribution < 1.29 is 0 Å². The van der Waals surface area contributed by atoms with Gasteiger partial charge in [-0.25, -0.2) is 0 Å². The van der Waals surface area contributed by atoms with E-state index in [1.807, 2.05) is 24.3 Å². The number of nitriles is 1. The van der Waals surface area contributed by atoms with Crippen LogP contribution in [0.15, 0.2) is 29.3 Å². The molecular weight excluding hydrogens is 248 g/mol. The van der Waals surface area contributed by atoms with Crippen LogP contribution in [0.3, 0.4) is 0 Å². The number of benzene rings is 1. The predicted octanol–water partition coefficient (Wildman–Crippen LogP) is 2.66. The van der Waals surface area contributed by atoms with Crippen molar-refractivity contribution in [3.05, 3.63) is 35.4 Å². The Labute approximate surface area is 121 Å². The van der Waals surface area contributed by atoms with E-state index in [1.54, 1.807) is 7.05 Å². The minimum Gasteiger partial charge on any atom is -0.356 e. The van der Waals surface area contributed by atoms with Crippen LogP contribution in [0.5, 0.6) is 0 Å². The van der Waals surface area contributed by atoms with Crippen LogP contribution in [0.1, 0.15) is 37.8 Å². The Morgan fingerprint density at radius 2 is 1.85 bits per heavy atom. The molecule has 0 amide bonds. The van der Waals surface area contributed by atoms with Gasteiger partial charge in [0.2, 0.25) is 0 Å². The second-order valence-electron chi connectivity index (χ2n) is 4.80. The van der Waals surface area contributed by atoms with Crippen molar-refractivity contribution in [2.24, 2.45) is 10.9 Å². The van der Waals surface area contributed by atoms with Crippen molar-refractivity contribution in [1.29, 1.82) is 5.26 Å². The van der Waals surface area contributed by atoms with Gasteiger partial charge in [0.15, 0.2) is 5.96 Å². The molecule has 0 radical (unpaired) electrons. The van der Waals surface area contributed by atoms with Crippen molar-refractivity contribution in [3.8, 4) is 6.07 Å². The molecule has 4 heteroatoms. The summed E-state index contributed by atoms with van der Waals surface area (Å²) in [6.07, 6.45) is 2.35. The average molecular weight is 272 g/mol. The third-order valence-electron chi connectivity index (χ3n) is 3.48. The van der Waals surface area contributed by atoms with Crippen LogP contribution in [0, 0.1) is 17.2 Å². The maximum atomic E-state index is 8.76. The molecule has 1 aromatic rings. The summed E-state index contributed by atoms with van der Waals surface area (Å²) < 4.78 is 0. The first-order valence-corrected chi connectivity index (χ1v) is 7.17. The van der Waals surface area contributed by atoms with E-state index >= 15 is 0 Å². The fourth-order valence-corrected chi connectivity index (χ4v) is 1.92. The first-order valence-electron chi connectivity index (χ1n) is 7.17. The number of nitrogens with zero attached hydrogens (tertiary/aromatic N) is 2. The number of guanidine groups is 1. The van der Waals surface area contributed by atoms with E-state index in [1.165, 1.54) is 12.8 Å². The lowest BCUT2D eigenvalue weighted by Gasteiger charge is -2.16. The molecule has 0 heterocycles. The molecule has 4 nitrogen and oxygen atoms in total. The van der Waals surface area contributed by atoms with Gasteiger partial charge in [-0.2, -0.15) is 5.26 Å². The first kappa shape index (κ1) is 16.0. The van der Waals surface area contributed by atoms with E-state index in [0.717, 1.165) is 18.1 Å². The van der Waals surface area contributed by atoms with E-state index in [0.29, 0.717) is 18.0 Å². The molecule has 0 bridgehead atoms. The van der Waals surface area contributed by atoms with Crippen molar-refractivity contribution in [2.45, 2.75) is 33.2 Å². The number of hydrogen-bond acceptors (Lipinski definition) is 2. The van der Waals surface area contributed by atoms with Gasteiger partial charge in [-0.15, -0.1) is 0 Å². The molecule has 0 aliphatic carbocycles.